The summed E-state index contributed by atoms with van der Waals surface area (Å²) in [5.41, 5.74) is 0. The van der Waals surface area contributed by atoms with Crippen LogP contribution < -0.4 is 0 Å². The zero-order valence-electron chi connectivity index (χ0n) is 10.5. The SMILES string of the molecule is CCCCO.CCO.CCO.CCO.[Ti]. The molecule has 0 unspecified atom stereocenters. The first-order chi connectivity index (χ1) is 6.66. The maximum Gasteiger partial charge on any atom is 0.0430 e. The molecule has 0 bridgehead atoms. The van der Waals surface area contributed by atoms with Crippen LogP contribution in [0.5, 0.6) is 0 Å². The zero-order valence-corrected chi connectivity index (χ0v) is 12.1. The molecule has 0 aromatic heterocycles. The summed E-state index contributed by atoms with van der Waals surface area (Å²) in [5.74, 6) is 0. The van der Waals surface area contributed by atoms with Gasteiger partial charge in [0.05, 0.1) is 0 Å². The second-order valence-electron chi connectivity index (χ2n) is 2.03. The average Bonchev–Trinajstić information content (AvgIpc) is 2.09. The predicted octanol–water partition coefficient (Wildman–Crippen LogP) is 0.772. The van der Waals surface area contributed by atoms with Crippen LogP contribution in [-0.4, -0.2) is 46.9 Å². The van der Waals surface area contributed by atoms with E-state index >= 15 is 0 Å². The van der Waals surface area contributed by atoms with Crippen LogP contribution in [0.3, 0.4) is 0 Å². The van der Waals surface area contributed by atoms with Crippen molar-refractivity contribution in [3.8, 4) is 0 Å². The standard InChI is InChI=1S/C4H10O.3C2H6O.Ti/c1-2-3-4-5;3*1-2-3;/h5H,2-4H2,1H3;3*3H,2H2,1H3;. The fourth-order valence-corrected chi connectivity index (χ4v) is 0.158. The minimum atomic E-state index is 0. The minimum Gasteiger partial charge on any atom is -0.397 e. The molecular formula is C10H28O4Ti. The smallest absolute Gasteiger partial charge is 0.0430 e. The molecule has 0 aliphatic rings. The van der Waals surface area contributed by atoms with E-state index in [2.05, 4.69) is 6.92 Å². The Labute approximate surface area is 109 Å². The Morgan fingerprint density at radius 3 is 0.867 bits per heavy atom. The minimum absolute atomic E-state index is 0. The number of aliphatic hydroxyl groups is 4. The van der Waals surface area contributed by atoms with E-state index in [1.807, 2.05) is 0 Å². The van der Waals surface area contributed by atoms with E-state index in [4.69, 9.17) is 20.4 Å². The van der Waals surface area contributed by atoms with Crippen molar-refractivity contribution in [2.75, 3.05) is 26.4 Å². The van der Waals surface area contributed by atoms with Gasteiger partial charge in [-0.05, 0) is 27.2 Å². The molecule has 0 saturated heterocycles. The van der Waals surface area contributed by atoms with Gasteiger partial charge in [0.2, 0.25) is 0 Å². The molecule has 0 aromatic rings. The number of hydrogen-bond acceptors (Lipinski definition) is 4. The monoisotopic (exact) mass is 260 g/mol. The first kappa shape index (κ1) is 29.6. The molecular weight excluding hydrogens is 232 g/mol. The van der Waals surface area contributed by atoms with Gasteiger partial charge >= 0.3 is 0 Å². The Bertz CT molecular complexity index is 41.6. The summed E-state index contributed by atoms with van der Waals surface area (Å²) in [6, 6.07) is 0. The van der Waals surface area contributed by atoms with Crippen LogP contribution in [0.15, 0.2) is 0 Å². The molecule has 0 spiro atoms. The van der Waals surface area contributed by atoms with Gasteiger partial charge in [-0.3, -0.25) is 0 Å². The van der Waals surface area contributed by atoms with Crippen molar-refractivity contribution in [1.29, 1.82) is 0 Å². The topological polar surface area (TPSA) is 80.9 Å². The molecule has 4 N–H and O–H groups in total. The third-order valence-corrected chi connectivity index (χ3v) is 0.512. The molecule has 0 radical (unpaired) electrons. The van der Waals surface area contributed by atoms with Crippen molar-refractivity contribution < 1.29 is 42.1 Å². The van der Waals surface area contributed by atoms with Gasteiger partial charge in [0.25, 0.3) is 0 Å². The third-order valence-electron chi connectivity index (χ3n) is 0.512. The quantitative estimate of drug-likeness (QED) is 0.553. The predicted molar refractivity (Wildman–Crippen MR) is 60.3 cm³/mol. The maximum atomic E-state index is 8.07. The van der Waals surface area contributed by atoms with E-state index < -0.39 is 0 Å². The van der Waals surface area contributed by atoms with E-state index in [1.54, 1.807) is 20.8 Å². The van der Waals surface area contributed by atoms with Crippen molar-refractivity contribution >= 4 is 0 Å². The Hall–Kier alpha value is 0.554. The first-order valence-electron chi connectivity index (χ1n) is 5.09. The summed E-state index contributed by atoms with van der Waals surface area (Å²) in [6.45, 7) is 8.19. The van der Waals surface area contributed by atoms with E-state index in [0.29, 0.717) is 6.61 Å². The number of rotatable bonds is 2. The van der Waals surface area contributed by atoms with Gasteiger partial charge in [-0.1, -0.05) is 13.3 Å². The maximum absolute atomic E-state index is 8.07. The van der Waals surface area contributed by atoms with Crippen LogP contribution >= 0.6 is 0 Å². The average molecular weight is 260 g/mol. The van der Waals surface area contributed by atoms with Gasteiger partial charge in [-0.25, -0.2) is 0 Å². The Morgan fingerprint density at radius 1 is 0.667 bits per heavy atom. The number of unbranched alkanes of at least 4 members (excludes halogenated alkanes) is 1. The first-order valence-corrected chi connectivity index (χ1v) is 5.09. The summed E-state index contributed by atoms with van der Waals surface area (Å²) in [6.07, 6.45) is 2.04. The van der Waals surface area contributed by atoms with Crippen LogP contribution in [0, 0.1) is 0 Å². The van der Waals surface area contributed by atoms with Gasteiger partial charge in [-0.2, -0.15) is 0 Å². The van der Waals surface area contributed by atoms with E-state index in [9.17, 15) is 0 Å². The molecule has 0 amide bonds. The van der Waals surface area contributed by atoms with Crippen LogP contribution in [0.25, 0.3) is 0 Å². The molecule has 4 nitrogen and oxygen atoms in total. The Balaban J connectivity index is -0.0000000300. The van der Waals surface area contributed by atoms with Crippen molar-refractivity contribution in [2.45, 2.75) is 40.5 Å². The molecule has 96 valence electrons. The van der Waals surface area contributed by atoms with Crippen LogP contribution in [0.2, 0.25) is 0 Å². The molecule has 0 aliphatic heterocycles. The molecule has 15 heavy (non-hydrogen) atoms. The second kappa shape index (κ2) is 62.2. The van der Waals surface area contributed by atoms with Gasteiger partial charge < -0.3 is 20.4 Å². The van der Waals surface area contributed by atoms with Crippen LogP contribution in [0.4, 0.5) is 0 Å². The molecule has 0 aliphatic carbocycles. The summed E-state index contributed by atoms with van der Waals surface area (Å²) in [4.78, 5) is 0. The summed E-state index contributed by atoms with van der Waals surface area (Å²) < 4.78 is 0. The largest absolute Gasteiger partial charge is 0.397 e. The van der Waals surface area contributed by atoms with Gasteiger partial charge in [0.15, 0.2) is 0 Å². The third kappa shape index (κ3) is 352. The molecule has 0 atom stereocenters. The fraction of sp³-hybridized carbons (Fsp3) is 1.00. The molecule has 0 fully saturated rings. The molecule has 0 heterocycles. The Morgan fingerprint density at radius 2 is 0.867 bits per heavy atom. The molecule has 0 saturated carbocycles. The van der Waals surface area contributed by atoms with Crippen LogP contribution in [0.1, 0.15) is 40.5 Å². The molecule has 0 aromatic carbocycles. The summed E-state index contributed by atoms with van der Waals surface area (Å²) >= 11 is 0. The van der Waals surface area contributed by atoms with Gasteiger partial charge in [-0.15, -0.1) is 0 Å². The molecule has 5 heteroatoms. The number of aliphatic hydroxyl groups excluding tert-OH is 4. The van der Waals surface area contributed by atoms with Crippen molar-refractivity contribution in [3.63, 3.8) is 0 Å². The normalized spacial score (nSPS) is 6.40. The van der Waals surface area contributed by atoms with E-state index in [-0.39, 0.29) is 41.5 Å². The Kier molecular flexibility index (Phi) is 123. The van der Waals surface area contributed by atoms with Crippen molar-refractivity contribution in [1.82, 2.24) is 0 Å². The van der Waals surface area contributed by atoms with Crippen molar-refractivity contribution in [3.05, 3.63) is 0 Å². The summed E-state index contributed by atoms with van der Waals surface area (Å²) in [7, 11) is 0. The number of hydrogen-bond donors (Lipinski definition) is 4. The van der Waals surface area contributed by atoms with E-state index in [0.717, 1.165) is 12.8 Å². The van der Waals surface area contributed by atoms with E-state index in [1.165, 1.54) is 0 Å². The fourth-order valence-electron chi connectivity index (χ4n) is 0.158. The zero-order chi connectivity index (χ0) is 12.2. The van der Waals surface area contributed by atoms with Gasteiger partial charge in [0.1, 0.15) is 0 Å². The molecule has 0 rings (SSSR count). The second-order valence-corrected chi connectivity index (χ2v) is 2.03. The van der Waals surface area contributed by atoms with Gasteiger partial charge in [0, 0.05) is 48.1 Å². The van der Waals surface area contributed by atoms with Crippen LogP contribution in [-0.2, 0) is 21.7 Å². The van der Waals surface area contributed by atoms with Crippen molar-refractivity contribution in [2.24, 2.45) is 0 Å². The summed E-state index contributed by atoms with van der Waals surface area (Å²) in [5, 5.41) is 30.8.